The average Bonchev–Trinajstić information content (AvgIpc) is 2.48. The first-order valence-corrected chi connectivity index (χ1v) is 6.71. The first-order valence-electron chi connectivity index (χ1n) is 6.71. The van der Waals surface area contributed by atoms with Gasteiger partial charge in [0.1, 0.15) is 11.5 Å². The van der Waals surface area contributed by atoms with Gasteiger partial charge in [-0.1, -0.05) is 35.9 Å². The average molecular weight is 282 g/mol. The molecule has 0 spiro atoms. The van der Waals surface area contributed by atoms with Crippen molar-refractivity contribution in [2.45, 2.75) is 20.8 Å². The quantitative estimate of drug-likeness (QED) is 0.662. The first-order chi connectivity index (χ1) is 9.90. The van der Waals surface area contributed by atoms with Crippen LogP contribution in [0.3, 0.4) is 0 Å². The third-order valence-corrected chi connectivity index (χ3v) is 3.47. The van der Waals surface area contributed by atoms with Crippen LogP contribution in [0.25, 0.3) is 6.08 Å². The van der Waals surface area contributed by atoms with Crippen LogP contribution in [0.4, 0.5) is 0 Å². The number of phenolic OH excluding ortho intramolecular Hbond substituents is 2. The monoisotopic (exact) mass is 282 g/mol. The molecular weight excluding hydrogens is 264 g/mol. The molecule has 0 unspecified atom stereocenters. The van der Waals surface area contributed by atoms with Gasteiger partial charge in [-0.2, -0.15) is 0 Å². The highest BCUT2D eigenvalue weighted by molar-refractivity contribution is 6.09. The van der Waals surface area contributed by atoms with Crippen LogP contribution < -0.4 is 0 Å². The lowest BCUT2D eigenvalue weighted by Gasteiger charge is -2.09. The summed E-state index contributed by atoms with van der Waals surface area (Å²) in [6, 6.07) is 9.28. The third kappa shape index (κ3) is 3.14. The molecule has 3 heteroatoms. The molecular formula is C18H18O3. The lowest BCUT2D eigenvalue weighted by Crippen LogP contribution is -1.98. The van der Waals surface area contributed by atoms with Gasteiger partial charge in [0.05, 0.1) is 5.56 Å². The number of aromatic hydroxyl groups is 2. The number of hydrogen-bond donors (Lipinski definition) is 2. The molecule has 0 aliphatic rings. The third-order valence-electron chi connectivity index (χ3n) is 3.47. The predicted molar refractivity (Wildman–Crippen MR) is 83.8 cm³/mol. The van der Waals surface area contributed by atoms with Gasteiger partial charge in [0.15, 0.2) is 5.78 Å². The molecule has 108 valence electrons. The van der Waals surface area contributed by atoms with Gasteiger partial charge >= 0.3 is 0 Å². The van der Waals surface area contributed by atoms with Crippen molar-refractivity contribution in [2.24, 2.45) is 0 Å². The van der Waals surface area contributed by atoms with E-state index in [0.717, 1.165) is 11.1 Å². The highest BCUT2D eigenvalue weighted by Gasteiger charge is 2.15. The Bertz CT molecular complexity index is 710. The molecule has 3 nitrogen and oxygen atoms in total. The normalized spacial score (nSPS) is 11.0. The van der Waals surface area contributed by atoms with E-state index in [-0.39, 0.29) is 22.8 Å². The Morgan fingerprint density at radius 2 is 1.62 bits per heavy atom. The standard InChI is InChI=1S/C18H18O3/c1-11-4-6-14(7-5-11)8-9-16(19)15-10-12(2)17(20)13(3)18(15)21/h4-10,20-21H,1-3H3/b9-8+. The maximum absolute atomic E-state index is 12.2. The lowest BCUT2D eigenvalue weighted by molar-refractivity contribution is 0.104. The van der Waals surface area contributed by atoms with Crippen molar-refractivity contribution in [1.82, 2.24) is 0 Å². The number of carbonyl (C=O) groups is 1. The molecule has 0 heterocycles. The number of hydrogen-bond acceptors (Lipinski definition) is 3. The van der Waals surface area contributed by atoms with Crippen LogP contribution in [-0.4, -0.2) is 16.0 Å². The fraction of sp³-hybridized carbons (Fsp3) is 0.167. The SMILES string of the molecule is Cc1ccc(/C=C/C(=O)c2cc(C)c(O)c(C)c2O)cc1. The summed E-state index contributed by atoms with van der Waals surface area (Å²) in [5.41, 5.74) is 3.16. The van der Waals surface area contributed by atoms with Crippen molar-refractivity contribution in [3.63, 3.8) is 0 Å². The number of aryl methyl sites for hydroxylation is 2. The molecule has 0 atom stereocenters. The van der Waals surface area contributed by atoms with Gasteiger partial charge < -0.3 is 10.2 Å². The predicted octanol–water partition coefficient (Wildman–Crippen LogP) is 3.92. The topological polar surface area (TPSA) is 57.5 Å². The van der Waals surface area contributed by atoms with E-state index < -0.39 is 0 Å². The minimum absolute atomic E-state index is 0.0200. The smallest absolute Gasteiger partial charge is 0.189 e. The van der Waals surface area contributed by atoms with Crippen LogP contribution >= 0.6 is 0 Å². The number of benzene rings is 2. The van der Waals surface area contributed by atoms with Crippen LogP contribution in [0.1, 0.15) is 32.6 Å². The number of ketones is 1. The fourth-order valence-electron chi connectivity index (χ4n) is 2.09. The van der Waals surface area contributed by atoms with Crippen LogP contribution in [0.15, 0.2) is 36.4 Å². The lowest BCUT2D eigenvalue weighted by atomic mass is 10.0. The zero-order chi connectivity index (χ0) is 15.6. The number of allylic oxidation sites excluding steroid dienone is 1. The maximum Gasteiger partial charge on any atom is 0.189 e. The Hall–Kier alpha value is -2.55. The Kier molecular flexibility index (Phi) is 4.13. The molecule has 0 aliphatic carbocycles. The van der Waals surface area contributed by atoms with E-state index >= 15 is 0 Å². The van der Waals surface area contributed by atoms with E-state index in [1.165, 1.54) is 12.1 Å². The highest BCUT2D eigenvalue weighted by Crippen LogP contribution is 2.33. The van der Waals surface area contributed by atoms with Crippen LogP contribution in [0.2, 0.25) is 0 Å². The Morgan fingerprint density at radius 1 is 1.00 bits per heavy atom. The van der Waals surface area contributed by atoms with E-state index in [2.05, 4.69) is 0 Å². The van der Waals surface area contributed by atoms with Gasteiger partial charge in [0.25, 0.3) is 0 Å². The van der Waals surface area contributed by atoms with Gasteiger partial charge in [-0.3, -0.25) is 4.79 Å². The van der Waals surface area contributed by atoms with Gasteiger partial charge in [0.2, 0.25) is 0 Å². The maximum atomic E-state index is 12.2. The fourth-order valence-corrected chi connectivity index (χ4v) is 2.09. The number of carbonyl (C=O) groups excluding carboxylic acids is 1. The van der Waals surface area contributed by atoms with Gasteiger partial charge in [-0.25, -0.2) is 0 Å². The Labute approximate surface area is 124 Å². The molecule has 0 radical (unpaired) electrons. The summed E-state index contributed by atoms with van der Waals surface area (Å²) in [7, 11) is 0. The van der Waals surface area contributed by atoms with Crippen molar-refractivity contribution in [3.05, 3.63) is 64.2 Å². The number of rotatable bonds is 3. The molecule has 2 rings (SSSR count). The molecule has 0 amide bonds. The molecule has 2 aromatic carbocycles. The molecule has 0 aliphatic heterocycles. The van der Waals surface area contributed by atoms with E-state index in [9.17, 15) is 15.0 Å². The second-order valence-corrected chi connectivity index (χ2v) is 5.17. The molecule has 0 saturated heterocycles. The van der Waals surface area contributed by atoms with Crippen LogP contribution in [0, 0.1) is 20.8 Å². The van der Waals surface area contributed by atoms with Gasteiger partial charge in [0, 0.05) is 5.56 Å². The Balaban J connectivity index is 2.31. The van der Waals surface area contributed by atoms with Crippen LogP contribution in [0.5, 0.6) is 11.5 Å². The molecule has 2 N–H and O–H groups in total. The summed E-state index contributed by atoms with van der Waals surface area (Å²) in [5.74, 6) is -0.442. The molecule has 21 heavy (non-hydrogen) atoms. The second kappa shape index (κ2) is 5.83. The summed E-state index contributed by atoms with van der Waals surface area (Å²) in [6.45, 7) is 5.28. The molecule has 0 saturated carbocycles. The summed E-state index contributed by atoms with van der Waals surface area (Å²) in [4.78, 5) is 12.2. The van der Waals surface area contributed by atoms with E-state index in [1.54, 1.807) is 19.9 Å². The van der Waals surface area contributed by atoms with E-state index in [4.69, 9.17) is 0 Å². The van der Waals surface area contributed by atoms with Crippen molar-refractivity contribution in [3.8, 4) is 11.5 Å². The second-order valence-electron chi connectivity index (χ2n) is 5.17. The molecule has 0 fully saturated rings. The Morgan fingerprint density at radius 3 is 2.24 bits per heavy atom. The molecule has 2 aromatic rings. The zero-order valence-electron chi connectivity index (χ0n) is 12.3. The van der Waals surface area contributed by atoms with Crippen LogP contribution in [-0.2, 0) is 0 Å². The van der Waals surface area contributed by atoms with E-state index in [1.807, 2.05) is 31.2 Å². The summed E-state index contributed by atoms with van der Waals surface area (Å²) in [6.07, 6.45) is 3.13. The molecule has 0 aromatic heterocycles. The van der Waals surface area contributed by atoms with E-state index in [0.29, 0.717) is 11.1 Å². The van der Waals surface area contributed by atoms with Crippen molar-refractivity contribution >= 4 is 11.9 Å². The zero-order valence-corrected chi connectivity index (χ0v) is 12.3. The summed E-state index contributed by atoms with van der Waals surface area (Å²) < 4.78 is 0. The highest BCUT2D eigenvalue weighted by atomic mass is 16.3. The van der Waals surface area contributed by atoms with Crippen molar-refractivity contribution in [2.75, 3.05) is 0 Å². The largest absolute Gasteiger partial charge is 0.507 e. The first kappa shape index (κ1) is 14.9. The molecule has 0 bridgehead atoms. The summed E-state index contributed by atoms with van der Waals surface area (Å²) >= 11 is 0. The minimum Gasteiger partial charge on any atom is -0.507 e. The van der Waals surface area contributed by atoms with Gasteiger partial charge in [-0.15, -0.1) is 0 Å². The van der Waals surface area contributed by atoms with Crippen molar-refractivity contribution in [1.29, 1.82) is 0 Å². The minimum atomic E-state index is -0.292. The summed E-state index contributed by atoms with van der Waals surface area (Å²) in [5, 5.41) is 19.7. The van der Waals surface area contributed by atoms with Crippen molar-refractivity contribution < 1.29 is 15.0 Å². The number of phenols is 2. The van der Waals surface area contributed by atoms with Gasteiger partial charge in [-0.05, 0) is 44.0 Å².